The monoisotopic (exact) mass is 288 g/mol. The second-order valence-corrected chi connectivity index (χ2v) is 5.50. The molecule has 1 amide bonds. The first kappa shape index (κ1) is 14.1. The van der Waals surface area contributed by atoms with Crippen molar-refractivity contribution in [3.05, 3.63) is 35.9 Å². The van der Waals surface area contributed by atoms with E-state index in [9.17, 15) is 9.59 Å². The zero-order valence-electron chi connectivity index (χ0n) is 12.2. The van der Waals surface area contributed by atoms with Crippen LogP contribution in [0.4, 0.5) is 0 Å². The Morgan fingerprint density at radius 2 is 2.05 bits per heavy atom. The van der Waals surface area contributed by atoms with Gasteiger partial charge in [0.25, 0.3) is 0 Å². The fourth-order valence-electron chi connectivity index (χ4n) is 3.38. The summed E-state index contributed by atoms with van der Waals surface area (Å²) in [5.41, 5.74) is 1.06. The third kappa shape index (κ3) is 2.53. The number of hydrogen-bond acceptors (Lipinski definition) is 4. The molecule has 0 N–H and O–H groups in total. The number of carbonyl (C=O) groups is 2. The largest absolute Gasteiger partial charge is 0.459 e. The Bertz CT molecular complexity index is 532. The van der Waals surface area contributed by atoms with Crippen LogP contribution in [-0.2, 0) is 14.3 Å². The second kappa shape index (κ2) is 5.85. The summed E-state index contributed by atoms with van der Waals surface area (Å²) in [6.45, 7) is 3.51. The van der Waals surface area contributed by atoms with E-state index in [1.54, 1.807) is 11.8 Å². The molecule has 3 rings (SSSR count). The van der Waals surface area contributed by atoms with Crippen molar-refractivity contribution in [3.63, 3.8) is 0 Å². The van der Waals surface area contributed by atoms with Gasteiger partial charge in [-0.2, -0.15) is 0 Å². The maximum absolute atomic E-state index is 12.4. The van der Waals surface area contributed by atoms with Gasteiger partial charge in [0.1, 0.15) is 6.17 Å². The van der Waals surface area contributed by atoms with Gasteiger partial charge in [0.15, 0.2) is 0 Å². The molecule has 5 nitrogen and oxygen atoms in total. The number of nitrogens with zero attached hydrogens (tertiary/aromatic N) is 2. The molecule has 112 valence electrons. The Kier molecular flexibility index (Phi) is 3.92. The quantitative estimate of drug-likeness (QED) is 0.612. The number of carbonyl (C=O) groups excluding carboxylic acids is 2. The third-order valence-corrected chi connectivity index (χ3v) is 4.25. The van der Waals surface area contributed by atoms with Gasteiger partial charge in [0.2, 0.25) is 0 Å². The number of amides is 1. The summed E-state index contributed by atoms with van der Waals surface area (Å²) >= 11 is 0. The smallest absolute Gasteiger partial charge is 0.397 e. The molecule has 2 atom stereocenters. The van der Waals surface area contributed by atoms with Crippen LogP contribution in [0.25, 0.3) is 0 Å². The van der Waals surface area contributed by atoms with Crippen LogP contribution >= 0.6 is 0 Å². The van der Waals surface area contributed by atoms with E-state index in [4.69, 9.17) is 4.74 Å². The van der Waals surface area contributed by atoms with Crippen LogP contribution in [0.2, 0.25) is 0 Å². The van der Waals surface area contributed by atoms with Crippen LogP contribution in [0, 0.1) is 0 Å². The van der Waals surface area contributed by atoms with E-state index >= 15 is 0 Å². The summed E-state index contributed by atoms with van der Waals surface area (Å²) in [5, 5.41) is 0. The van der Waals surface area contributed by atoms with Crippen LogP contribution in [0.15, 0.2) is 30.3 Å². The van der Waals surface area contributed by atoms with E-state index in [-0.39, 0.29) is 12.8 Å². The molecule has 21 heavy (non-hydrogen) atoms. The second-order valence-electron chi connectivity index (χ2n) is 5.50. The summed E-state index contributed by atoms with van der Waals surface area (Å²) in [5.74, 6) is -1.28. The first-order valence-corrected chi connectivity index (χ1v) is 7.50. The number of hydrogen-bond donors (Lipinski definition) is 0. The van der Waals surface area contributed by atoms with Crippen LogP contribution in [0.3, 0.4) is 0 Å². The molecule has 0 bridgehead atoms. The van der Waals surface area contributed by atoms with Gasteiger partial charge >= 0.3 is 11.9 Å². The maximum atomic E-state index is 12.4. The van der Waals surface area contributed by atoms with Crippen molar-refractivity contribution < 1.29 is 14.3 Å². The van der Waals surface area contributed by atoms with Gasteiger partial charge in [0, 0.05) is 19.1 Å². The molecular formula is C16H20N2O3. The minimum atomic E-state index is -0.750. The lowest BCUT2D eigenvalue weighted by atomic mass is 10.1. The molecule has 1 aromatic carbocycles. The van der Waals surface area contributed by atoms with E-state index in [1.807, 2.05) is 30.3 Å². The zero-order chi connectivity index (χ0) is 14.8. The first-order chi connectivity index (χ1) is 10.2. The Hall–Kier alpha value is -1.88. The fraction of sp³-hybridized carbons (Fsp3) is 0.500. The van der Waals surface area contributed by atoms with Crippen molar-refractivity contribution >= 4 is 11.9 Å². The first-order valence-electron chi connectivity index (χ1n) is 7.50. The molecule has 1 aromatic rings. The summed E-state index contributed by atoms with van der Waals surface area (Å²) in [6.07, 6.45) is 2.08. The van der Waals surface area contributed by atoms with Crippen molar-refractivity contribution in [1.82, 2.24) is 9.80 Å². The van der Waals surface area contributed by atoms with E-state index in [2.05, 4.69) is 4.90 Å². The minimum absolute atomic E-state index is 0.143. The van der Waals surface area contributed by atoms with Crippen LogP contribution in [0.5, 0.6) is 0 Å². The van der Waals surface area contributed by atoms with Crippen molar-refractivity contribution in [2.75, 3.05) is 19.7 Å². The lowest BCUT2D eigenvalue weighted by Gasteiger charge is -2.29. The lowest BCUT2D eigenvalue weighted by Crippen LogP contribution is -2.40. The van der Waals surface area contributed by atoms with Crippen molar-refractivity contribution in [1.29, 1.82) is 0 Å². The third-order valence-electron chi connectivity index (χ3n) is 4.25. The molecule has 2 unspecified atom stereocenters. The zero-order valence-corrected chi connectivity index (χ0v) is 12.2. The molecule has 2 saturated heterocycles. The molecule has 5 heteroatoms. The van der Waals surface area contributed by atoms with Gasteiger partial charge in [-0.05, 0) is 25.3 Å². The molecule has 2 aliphatic heterocycles. The Morgan fingerprint density at radius 1 is 1.29 bits per heavy atom. The number of ether oxygens (including phenoxy) is 1. The maximum Gasteiger partial charge on any atom is 0.397 e. The minimum Gasteiger partial charge on any atom is -0.459 e. The molecule has 0 spiro atoms. The van der Waals surface area contributed by atoms with Crippen molar-refractivity contribution in [2.45, 2.75) is 32.0 Å². The summed E-state index contributed by atoms with van der Waals surface area (Å²) < 4.78 is 4.87. The van der Waals surface area contributed by atoms with Crippen molar-refractivity contribution in [3.8, 4) is 0 Å². The van der Waals surface area contributed by atoms with E-state index in [0.29, 0.717) is 12.6 Å². The van der Waals surface area contributed by atoms with Crippen molar-refractivity contribution in [2.24, 2.45) is 0 Å². The predicted molar refractivity (Wildman–Crippen MR) is 77.3 cm³/mol. The van der Waals surface area contributed by atoms with Gasteiger partial charge in [-0.1, -0.05) is 30.3 Å². The van der Waals surface area contributed by atoms with Gasteiger partial charge in [-0.15, -0.1) is 0 Å². The van der Waals surface area contributed by atoms with Crippen LogP contribution in [-0.4, -0.2) is 47.4 Å². The predicted octanol–water partition coefficient (Wildman–Crippen LogP) is 1.55. The normalized spacial score (nSPS) is 24.9. The Labute approximate surface area is 124 Å². The van der Waals surface area contributed by atoms with Crippen LogP contribution < -0.4 is 0 Å². The Morgan fingerprint density at radius 3 is 2.76 bits per heavy atom. The molecule has 2 heterocycles. The highest BCUT2D eigenvalue weighted by molar-refractivity contribution is 6.32. The lowest BCUT2D eigenvalue weighted by molar-refractivity contribution is -0.161. The number of esters is 1. The van der Waals surface area contributed by atoms with E-state index < -0.39 is 11.9 Å². The van der Waals surface area contributed by atoms with Crippen LogP contribution in [0.1, 0.15) is 31.5 Å². The molecular weight excluding hydrogens is 268 g/mol. The Balaban J connectivity index is 1.88. The SMILES string of the molecule is CCOC(=O)C(=O)N1CC2CCCN2C1c1ccccc1. The van der Waals surface area contributed by atoms with Gasteiger partial charge < -0.3 is 9.64 Å². The van der Waals surface area contributed by atoms with Gasteiger partial charge in [0.05, 0.1) is 6.61 Å². The topological polar surface area (TPSA) is 49.9 Å². The van der Waals surface area contributed by atoms with E-state index in [1.165, 1.54) is 0 Å². The summed E-state index contributed by atoms with van der Waals surface area (Å²) in [7, 11) is 0. The molecule has 0 aromatic heterocycles. The highest BCUT2D eigenvalue weighted by atomic mass is 16.5. The van der Waals surface area contributed by atoms with E-state index in [0.717, 1.165) is 24.9 Å². The average Bonchev–Trinajstić information content (AvgIpc) is 3.07. The molecule has 0 radical (unpaired) electrons. The molecule has 0 saturated carbocycles. The standard InChI is InChI=1S/C16H20N2O3/c1-2-21-16(20)15(19)18-11-13-9-6-10-17(13)14(18)12-7-4-3-5-8-12/h3-5,7-8,13-14H,2,6,9-11H2,1H3. The average molecular weight is 288 g/mol. The number of fused-ring (bicyclic) bond motifs is 1. The molecule has 2 aliphatic rings. The van der Waals surface area contributed by atoms with Gasteiger partial charge in [-0.3, -0.25) is 9.69 Å². The molecule has 2 fully saturated rings. The fourth-order valence-corrected chi connectivity index (χ4v) is 3.38. The summed E-state index contributed by atoms with van der Waals surface area (Å²) in [6, 6.07) is 10.3. The number of benzene rings is 1. The number of rotatable bonds is 2. The highest BCUT2D eigenvalue weighted by Gasteiger charge is 2.46. The highest BCUT2D eigenvalue weighted by Crippen LogP contribution is 2.38. The van der Waals surface area contributed by atoms with Gasteiger partial charge in [-0.25, -0.2) is 4.79 Å². The molecule has 0 aliphatic carbocycles. The summed E-state index contributed by atoms with van der Waals surface area (Å²) in [4.78, 5) is 28.2.